The van der Waals surface area contributed by atoms with Gasteiger partial charge in [0.1, 0.15) is 6.54 Å². The van der Waals surface area contributed by atoms with Gasteiger partial charge in [0.15, 0.2) is 12.4 Å². The minimum absolute atomic E-state index is 0. The molecule has 0 aliphatic rings. The number of aryl methyl sites for hydroxylation is 1. The number of aromatic nitrogens is 1. The first kappa shape index (κ1) is 32.6. The average Bonchev–Trinajstić information content (AvgIpc) is 3.05. The summed E-state index contributed by atoms with van der Waals surface area (Å²) in [4.78, 5) is 0. The zero-order valence-corrected chi connectivity index (χ0v) is 26.9. The van der Waals surface area contributed by atoms with Gasteiger partial charge in [-0.25, -0.2) is 4.57 Å². The number of alkyl halides is 1. The summed E-state index contributed by atoms with van der Waals surface area (Å²) in [6, 6.07) is 43.9. The summed E-state index contributed by atoms with van der Waals surface area (Å²) < 4.78 is 2.19. The van der Waals surface area contributed by atoms with E-state index in [0.717, 1.165) is 48.7 Å². The molecule has 0 saturated carbocycles. The Labute approximate surface area is 270 Å². The van der Waals surface area contributed by atoms with Crippen molar-refractivity contribution in [3.05, 3.63) is 151 Å². The topological polar surface area (TPSA) is 3.88 Å². The number of nitrogens with zero attached hydrogens (tertiary/aromatic N) is 1. The molecular formula is C39H35Br2N. The van der Waals surface area contributed by atoms with Crippen molar-refractivity contribution in [3.63, 3.8) is 0 Å². The van der Waals surface area contributed by atoms with Crippen molar-refractivity contribution >= 4 is 15.9 Å². The van der Waals surface area contributed by atoms with Crippen LogP contribution in [0.5, 0.6) is 0 Å². The lowest BCUT2D eigenvalue weighted by molar-refractivity contribution is -0.697. The first-order valence-corrected chi connectivity index (χ1v) is 15.2. The summed E-state index contributed by atoms with van der Waals surface area (Å²) >= 11 is 3.40. The van der Waals surface area contributed by atoms with Crippen LogP contribution in [-0.4, -0.2) is 5.33 Å². The van der Waals surface area contributed by atoms with Gasteiger partial charge in [-0.1, -0.05) is 131 Å². The fourth-order valence-electron chi connectivity index (χ4n) is 4.17. The molecule has 0 atom stereocenters. The van der Waals surface area contributed by atoms with Crippen molar-refractivity contribution in [1.29, 1.82) is 0 Å². The van der Waals surface area contributed by atoms with Crippen molar-refractivity contribution in [3.8, 4) is 45.9 Å². The number of unbranched alkanes of at least 4 members (excludes halogenated alkanes) is 2. The monoisotopic (exact) mass is 675 g/mol. The third-order valence-electron chi connectivity index (χ3n) is 6.38. The predicted molar refractivity (Wildman–Crippen MR) is 176 cm³/mol. The van der Waals surface area contributed by atoms with Crippen LogP contribution in [0.15, 0.2) is 140 Å². The molecule has 0 N–H and O–H groups in total. The Kier molecular flexibility index (Phi) is 15.0. The van der Waals surface area contributed by atoms with E-state index in [1.54, 1.807) is 0 Å². The summed E-state index contributed by atoms with van der Waals surface area (Å²) in [5.41, 5.74) is 7.13. The molecule has 1 heterocycles. The Morgan fingerprint density at radius 2 is 0.881 bits per heavy atom. The van der Waals surface area contributed by atoms with Gasteiger partial charge in [-0.3, -0.25) is 0 Å². The largest absolute Gasteiger partial charge is 1.00 e. The van der Waals surface area contributed by atoms with E-state index in [9.17, 15) is 0 Å². The van der Waals surface area contributed by atoms with Gasteiger partial charge in [0, 0.05) is 47.9 Å². The second-order valence-electron chi connectivity index (χ2n) is 9.50. The fourth-order valence-corrected chi connectivity index (χ4v) is 4.45. The molecule has 1 nitrogen and oxygen atoms in total. The van der Waals surface area contributed by atoms with E-state index in [0.29, 0.717) is 0 Å². The van der Waals surface area contributed by atoms with Crippen LogP contribution in [0.3, 0.4) is 0 Å². The zero-order chi connectivity index (χ0) is 28.4. The van der Waals surface area contributed by atoms with Crippen LogP contribution in [-0.2, 0) is 6.54 Å². The van der Waals surface area contributed by atoms with Crippen molar-refractivity contribution in [1.82, 2.24) is 0 Å². The summed E-state index contributed by atoms with van der Waals surface area (Å²) in [6.45, 7) is 1.02. The van der Waals surface area contributed by atoms with Crippen LogP contribution >= 0.6 is 15.9 Å². The van der Waals surface area contributed by atoms with Crippen molar-refractivity contribution in [2.24, 2.45) is 0 Å². The van der Waals surface area contributed by atoms with E-state index in [4.69, 9.17) is 0 Å². The summed E-state index contributed by atoms with van der Waals surface area (Å²) in [7, 11) is 0. The Hall–Kier alpha value is -3.89. The molecule has 0 aliphatic heterocycles. The van der Waals surface area contributed by atoms with E-state index in [1.165, 1.54) is 22.3 Å². The first-order chi connectivity index (χ1) is 20.3. The van der Waals surface area contributed by atoms with Gasteiger partial charge < -0.3 is 17.0 Å². The van der Waals surface area contributed by atoms with Gasteiger partial charge in [-0.05, 0) is 52.9 Å². The van der Waals surface area contributed by atoms with E-state index in [-0.39, 0.29) is 17.0 Å². The number of benzene rings is 4. The van der Waals surface area contributed by atoms with E-state index in [2.05, 4.69) is 166 Å². The molecule has 0 aliphatic carbocycles. The average molecular weight is 678 g/mol. The summed E-state index contributed by atoms with van der Waals surface area (Å²) in [5.74, 6) is 12.9. The molecule has 5 rings (SSSR count). The second kappa shape index (κ2) is 19.3. The molecule has 4 aromatic carbocycles. The molecule has 0 unspecified atom stereocenters. The summed E-state index contributed by atoms with van der Waals surface area (Å²) in [5, 5.41) is 1.02. The Morgan fingerprint density at radius 1 is 0.476 bits per heavy atom. The lowest BCUT2D eigenvalue weighted by atomic mass is 10.0. The van der Waals surface area contributed by atoms with Crippen LogP contribution in [0.4, 0.5) is 0 Å². The first-order valence-electron chi connectivity index (χ1n) is 14.1. The SMILES string of the molecule is BrCCCC#Cc1ccc(-c2ccccc2)cc1.C(#Cc1ccc(-c2ccccc2)cc1)CCC[n+]1ccccc1.[Br-]. The highest BCUT2D eigenvalue weighted by Gasteiger charge is 1.98. The van der Waals surface area contributed by atoms with E-state index < -0.39 is 0 Å². The third kappa shape index (κ3) is 11.5. The van der Waals surface area contributed by atoms with Gasteiger partial charge >= 0.3 is 0 Å². The molecule has 0 spiro atoms. The molecule has 1 aromatic heterocycles. The van der Waals surface area contributed by atoms with E-state index >= 15 is 0 Å². The van der Waals surface area contributed by atoms with Crippen LogP contribution in [0.1, 0.15) is 36.8 Å². The van der Waals surface area contributed by atoms with Gasteiger partial charge in [-0.15, -0.1) is 0 Å². The number of rotatable bonds is 7. The van der Waals surface area contributed by atoms with E-state index in [1.807, 2.05) is 18.2 Å². The minimum Gasteiger partial charge on any atom is -1.00 e. The normalized spacial score (nSPS) is 9.55. The maximum Gasteiger partial charge on any atom is 0.168 e. The Morgan fingerprint density at radius 3 is 1.33 bits per heavy atom. The number of hydrogen-bond acceptors (Lipinski definition) is 0. The standard InChI is InChI=1S/C22H20N.C17H15Br.BrH/c1-5-11-21(12-6-1)22-15-13-20(14-16-22)10-4-2-7-17-23-18-8-3-9-19-23;18-14-6-2-3-7-15-10-12-17(13-11-15)16-8-4-1-5-9-16;/h1,3,5-6,8-9,11-16,18-19H,2,7,17H2;1,4-5,8-13H,2,6,14H2;1H/q+1;;/p-1. The summed E-state index contributed by atoms with van der Waals surface area (Å²) in [6.07, 6.45) is 8.23. The van der Waals surface area contributed by atoms with Gasteiger partial charge in [0.05, 0.1) is 0 Å². The highest BCUT2D eigenvalue weighted by atomic mass is 79.9. The molecule has 0 radical (unpaired) electrons. The van der Waals surface area contributed by atoms with Gasteiger partial charge in [-0.2, -0.15) is 0 Å². The molecule has 42 heavy (non-hydrogen) atoms. The quantitative estimate of drug-likeness (QED) is 0.0818. The van der Waals surface area contributed by atoms with Gasteiger partial charge in [0.25, 0.3) is 0 Å². The van der Waals surface area contributed by atoms with Crippen molar-refractivity contribution in [2.75, 3.05) is 5.33 Å². The maximum atomic E-state index is 3.40. The molecule has 0 saturated heterocycles. The Balaban J connectivity index is 0.000000232. The van der Waals surface area contributed by atoms with Crippen molar-refractivity contribution in [2.45, 2.75) is 32.2 Å². The predicted octanol–water partition coefficient (Wildman–Crippen LogP) is 6.36. The molecule has 0 amide bonds. The molecular weight excluding hydrogens is 642 g/mol. The molecule has 3 heteroatoms. The lowest BCUT2D eigenvalue weighted by Gasteiger charge is -2.00. The van der Waals surface area contributed by atoms with Crippen molar-refractivity contribution < 1.29 is 21.5 Å². The zero-order valence-electron chi connectivity index (χ0n) is 23.7. The highest BCUT2D eigenvalue weighted by molar-refractivity contribution is 9.09. The number of hydrogen-bond donors (Lipinski definition) is 0. The van der Waals surface area contributed by atoms with Crippen LogP contribution in [0.2, 0.25) is 0 Å². The fraction of sp³-hybridized carbons (Fsp3) is 0.154. The van der Waals surface area contributed by atoms with Crippen LogP contribution < -0.4 is 21.5 Å². The molecule has 0 bridgehead atoms. The Bertz CT molecular complexity index is 1560. The minimum atomic E-state index is 0. The molecule has 210 valence electrons. The van der Waals surface area contributed by atoms with Crippen LogP contribution in [0.25, 0.3) is 22.3 Å². The second-order valence-corrected chi connectivity index (χ2v) is 10.3. The third-order valence-corrected chi connectivity index (χ3v) is 6.94. The van der Waals surface area contributed by atoms with Gasteiger partial charge in [0.2, 0.25) is 0 Å². The maximum absolute atomic E-state index is 3.40. The smallest absolute Gasteiger partial charge is 0.168 e. The molecule has 5 aromatic rings. The number of pyridine rings is 1. The highest BCUT2D eigenvalue weighted by Crippen LogP contribution is 2.20. The van der Waals surface area contributed by atoms with Crippen LogP contribution in [0, 0.1) is 23.7 Å². The molecule has 0 fully saturated rings. The number of halogens is 2. The lowest BCUT2D eigenvalue weighted by Crippen LogP contribution is -3.00.